The number of rotatable bonds is 18. The molecule has 4 heterocycles. The van der Waals surface area contributed by atoms with Gasteiger partial charge >= 0.3 is 0 Å². The van der Waals surface area contributed by atoms with Crippen LogP contribution >= 0.6 is 23.5 Å². The van der Waals surface area contributed by atoms with Crippen molar-refractivity contribution in [2.75, 3.05) is 50.8 Å². The van der Waals surface area contributed by atoms with Gasteiger partial charge in [0.15, 0.2) is 37.7 Å². The second-order valence-electron chi connectivity index (χ2n) is 13.6. The summed E-state index contributed by atoms with van der Waals surface area (Å²) in [6.45, 7) is 1.51. The van der Waals surface area contributed by atoms with Crippen LogP contribution < -0.4 is 16.4 Å². The van der Waals surface area contributed by atoms with E-state index in [0.29, 0.717) is 19.6 Å². The van der Waals surface area contributed by atoms with Crippen LogP contribution in [0.5, 0.6) is 0 Å². The molecular weight excluding hydrogens is 832 g/mol. The van der Waals surface area contributed by atoms with Gasteiger partial charge in [0.1, 0.15) is 84.1 Å². The Bertz CT molecular complexity index is 1200. The molecule has 4 saturated heterocycles. The van der Waals surface area contributed by atoms with Gasteiger partial charge in [0.2, 0.25) is 11.8 Å². The normalized spacial score (nSPS) is 43.6. The van der Waals surface area contributed by atoms with E-state index >= 15 is 0 Å². The van der Waals surface area contributed by atoms with Gasteiger partial charge in [-0.1, -0.05) is 0 Å². The summed E-state index contributed by atoms with van der Waals surface area (Å²) in [5, 5.41) is 147. The van der Waals surface area contributed by atoms with Crippen LogP contribution in [-0.2, 0) is 38.0 Å². The van der Waals surface area contributed by atoms with E-state index in [1.54, 1.807) is 0 Å². The summed E-state index contributed by atoms with van der Waals surface area (Å²) in [6.07, 6.45) is -33.2. The van der Waals surface area contributed by atoms with Crippen molar-refractivity contribution in [3.05, 3.63) is 0 Å². The average molecular weight is 887 g/mol. The molecule has 18 N–H and O–H groups in total. The first-order valence-electron chi connectivity index (χ1n) is 18.0. The van der Waals surface area contributed by atoms with E-state index in [4.69, 9.17) is 34.2 Å². The van der Waals surface area contributed by atoms with E-state index in [-0.39, 0.29) is 31.1 Å². The highest BCUT2D eigenvalue weighted by atomic mass is 32.2. The molecule has 0 aliphatic carbocycles. The highest BCUT2D eigenvalue weighted by Crippen LogP contribution is 2.33. The van der Waals surface area contributed by atoms with Crippen LogP contribution in [0.2, 0.25) is 0 Å². The van der Waals surface area contributed by atoms with E-state index < -0.39 is 134 Å². The van der Waals surface area contributed by atoms with Crippen molar-refractivity contribution in [1.29, 1.82) is 0 Å². The van der Waals surface area contributed by atoms with Gasteiger partial charge in [-0.3, -0.25) is 14.5 Å². The lowest BCUT2D eigenvalue weighted by molar-refractivity contribution is -0.376. The third-order valence-electron chi connectivity index (χ3n) is 9.41. The summed E-state index contributed by atoms with van der Waals surface area (Å²) in [4.78, 5) is 26.9. The van der Waals surface area contributed by atoms with Gasteiger partial charge in [-0.05, 0) is 0 Å². The summed E-state index contributed by atoms with van der Waals surface area (Å²) < 4.78 is 30.8. The molecule has 2 amide bonds. The van der Waals surface area contributed by atoms with Gasteiger partial charge < -0.3 is 116 Å². The molecule has 58 heavy (non-hydrogen) atoms. The molecule has 0 saturated carbocycles. The molecule has 0 aromatic carbocycles. The molecule has 28 heteroatoms. The zero-order chi connectivity index (χ0) is 43.0. The van der Waals surface area contributed by atoms with Crippen LogP contribution in [0.25, 0.3) is 0 Å². The number of nitrogens with one attached hydrogen (secondary N) is 2. The molecule has 4 rings (SSSR count). The Morgan fingerprint density at radius 1 is 0.500 bits per heavy atom. The lowest BCUT2D eigenvalue weighted by atomic mass is 10.0. The molecule has 4 aliphatic rings. The molecule has 0 aromatic rings. The van der Waals surface area contributed by atoms with Crippen molar-refractivity contribution in [3.8, 4) is 0 Å². The molecule has 0 spiro atoms. The molecule has 338 valence electrons. The largest absolute Gasteiger partial charge is 0.387 e. The number of aliphatic hydroxyl groups is 14. The number of carbonyl (C=O) groups excluding carboxylic acids is 2. The molecule has 0 bridgehead atoms. The first-order valence-corrected chi connectivity index (χ1v) is 20.1. The lowest BCUT2D eigenvalue weighted by Gasteiger charge is -2.44. The fraction of sp³-hybridized carbons (Fsp3) is 0.933. The van der Waals surface area contributed by atoms with E-state index in [1.165, 1.54) is 0 Å². The van der Waals surface area contributed by atoms with Gasteiger partial charge in [-0.15, -0.1) is 23.5 Å². The summed E-state index contributed by atoms with van der Waals surface area (Å²) in [5.74, 6) is -1.56. The second kappa shape index (κ2) is 22.7. The monoisotopic (exact) mass is 886 g/mol. The molecule has 0 radical (unpaired) electrons. The van der Waals surface area contributed by atoms with Crippen molar-refractivity contribution in [3.63, 3.8) is 0 Å². The zero-order valence-corrected chi connectivity index (χ0v) is 32.2. The third kappa shape index (κ3) is 12.7. The number of thioether (sulfide) groups is 2. The van der Waals surface area contributed by atoms with Crippen LogP contribution in [0.1, 0.15) is 0 Å². The predicted octanol–water partition coefficient (Wildman–Crippen LogP) is -11.0. The minimum absolute atomic E-state index is 0.135. The minimum atomic E-state index is -1.96. The van der Waals surface area contributed by atoms with Crippen LogP contribution in [0.4, 0.5) is 0 Å². The first kappa shape index (κ1) is 49.4. The Morgan fingerprint density at radius 3 is 1.24 bits per heavy atom. The number of nitrogens with two attached hydrogens (primary N) is 1. The van der Waals surface area contributed by atoms with Crippen molar-refractivity contribution in [2.24, 2.45) is 5.73 Å². The maximum Gasteiger partial charge on any atom is 0.230 e. The summed E-state index contributed by atoms with van der Waals surface area (Å²) >= 11 is 1.49. The molecular formula is C30H54N4O22S2. The van der Waals surface area contributed by atoms with Crippen LogP contribution in [-0.4, -0.2) is 261 Å². The SMILES string of the molecule is NCCN(CCNC(=O)CS[C@@H]1O[C@H](O)[C@H](OC2O[C@H](O)[C@H](O)[C@H](O)[C@H]2O)[C@H](O)[C@H]1O)CCNC(=O)CS[C@@H]1O[C@H](O)[C@H](OC2O[C@H](O)[C@H](O)[C@H](O)[C@H]2O)[C@H](O)[C@H]1O. The number of hydrogen-bond donors (Lipinski definition) is 17. The number of ether oxygens (including phenoxy) is 6. The maximum atomic E-state index is 12.5. The van der Waals surface area contributed by atoms with Crippen molar-refractivity contribution >= 4 is 35.3 Å². The van der Waals surface area contributed by atoms with Gasteiger partial charge in [-0.25, -0.2) is 0 Å². The van der Waals surface area contributed by atoms with Crippen LogP contribution in [0.3, 0.4) is 0 Å². The molecule has 26 nitrogen and oxygen atoms in total. The number of amides is 2. The Morgan fingerprint density at radius 2 is 0.879 bits per heavy atom. The molecule has 4 fully saturated rings. The Labute approximate surface area is 338 Å². The molecule has 20 atom stereocenters. The highest BCUT2D eigenvalue weighted by Gasteiger charge is 2.52. The van der Waals surface area contributed by atoms with Crippen molar-refractivity contribution in [1.82, 2.24) is 15.5 Å². The number of hydrogen-bond acceptors (Lipinski definition) is 26. The third-order valence-corrected chi connectivity index (χ3v) is 11.7. The van der Waals surface area contributed by atoms with Gasteiger partial charge in [0, 0.05) is 39.3 Å². The van der Waals surface area contributed by atoms with Crippen molar-refractivity contribution < 1.29 is 110 Å². The average Bonchev–Trinajstić information content (AvgIpc) is 3.18. The maximum absolute atomic E-state index is 12.5. The van der Waals surface area contributed by atoms with Gasteiger partial charge in [0.25, 0.3) is 0 Å². The minimum Gasteiger partial charge on any atom is -0.387 e. The van der Waals surface area contributed by atoms with E-state index in [2.05, 4.69) is 10.6 Å². The summed E-state index contributed by atoms with van der Waals surface area (Å²) in [7, 11) is 0. The topological polar surface area (TPSA) is 426 Å². The number of aliphatic hydroxyl groups excluding tert-OH is 14. The second-order valence-corrected chi connectivity index (χ2v) is 15.8. The predicted molar refractivity (Wildman–Crippen MR) is 190 cm³/mol. The van der Waals surface area contributed by atoms with E-state index in [9.17, 15) is 81.1 Å². The lowest BCUT2D eigenvalue weighted by Crippen LogP contribution is -2.63. The Kier molecular flexibility index (Phi) is 19.4. The molecule has 4 aliphatic heterocycles. The standard InChI is InChI=1S/C30H54N4O22S2/c31-1-4-34(5-2-32-9(35)7-57-29-19(45)13(39)21(25(49)55-29)51-27-17(43)11(37)15(41)23(47)53-27)6-3-33-10(36)8-58-30-20(46)14(40)22(26(50)56-30)52-28-18(44)12(38)16(42)24(48)54-28/h11-30,37-50H,1-8,31H2,(H,32,35)(H,33,36)/t11-,12-,13+,14+,15+,16+,17+,18+,19+,20+,21+,22+,23-,24-,25-,26-,27?,28?,29-,30-/m0/s1. The van der Waals surface area contributed by atoms with E-state index in [1.807, 2.05) is 4.90 Å². The molecule has 2 unspecified atom stereocenters. The fourth-order valence-electron chi connectivity index (χ4n) is 6.05. The summed E-state index contributed by atoms with van der Waals surface area (Å²) in [6, 6.07) is 0. The van der Waals surface area contributed by atoms with E-state index in [0.717, 1.165) is 23.5 Å². The Balaban J connectivity index is 1.12. The zero-order valence-electron chi connectivity index (χ0n) is 30.6. The quantitative estimate of drug-likeness (QED) is 0.0607. The fourth-order valence-corrected chi connectivity index (χ4v) is 7.98. The van der Waals surface area contributed by atoms with Crippen LogP contribution in [0.15, 0.2) is 0 Å². The number of carbonyl (C=O) groups is 2. The molecule has 0 aromatic heterocycles. The summed E-state index contributed by atoms with van der Waals surface area (Å²) in [5.41, 5.74) is 3.08. The Hall–Kier alpha value is -1.24. The van der Waals surface area contributed by atoms with Gasteiger partial charge in [0.05, 0.1) is 11.5 Å². The van der Waals surface area contributed by atoms with Gasteiger partial charge in [-0.2, -0.15) is 0 Å². The van der Waals surface area contributed by atoms with Crippen molar-refractivity contribution in [2.45, 2.75) is 122 Å². The number of nitrogens with zero attached hydrogens (tertiary/aromatic N) is 1. The smallest absolute Gasteiger partial charge is 0.230 e. The first-order chi connectivity index (χ1) is 27.4. The highest BCUT2D eigenvalue weighted by molar-refractivity contribution is 8.00. The van der Waals surface area contributed by atoms with Crippen LogP contribution in [0, 0.1) is 0 Å².